The molecule has 1 heterocycles. The number of aryl methyl sites for hydroxylation is 1. The van der Waals surface area contributed by atoms with E-state index in [0.717, 1.165) is 24.0 Å². The number of nitrogens with one attached hydrogen (secondary N) is 2. The van der Waals surface area contributed by atoms with Gasteiger partial charge in [-0.15, -0.1) is 0 Å². The molecule has 3 rings (SSSR count). The molecule has 0 spiro atoms. The monoisotopic (exact) mass is 365 g/mol. The fraction of sp³-hybridized carbons (Fsp3) is 0.435. The summed E-state index contributed by atoms with van der Waals surface area (Å²) in [4.78, 5) is 12.2. The molecule has 4 nitrogen and oxygen atoms in total. The molecule has 0 unspecified atom stereocenters. The van der Waals surface area contributed by atoms with E-state index in [2.05, 4.69) is 65.6 Å². The minimum Gasteiger partial charge on any atom is -0.344 e. The van der Waals surface area contributed by atoms with Gasteiger partial charge in [0.05, 0.1) is 0 Å². The highest BCUT2D eigenvalue weighted by molar-refractivity contribution is 6.09. The van der Waals surface area contributed by atoms with Gasteiger partial charge in [-0.05, 0) is 30.7 Å². The third-order valence-corrected chi connectivity index (χ3v) is 5.24. The lowest BCUT2D eigenvalue weighted by Gasteiger charge is -2.08. The average molecular weight is 366 g/mol. The highest BCUT2D eigenvalue weighted by Crippen LogP contribution is 2.29. The normalized spacial score (nSPS) is 11.2. The second-order valence-electron chi connectivity index (χ2n) is 7.31. The summed E-state index contributed by atoms with van der Waals surface area (Å²) >= 11 is 0. The molecule has 0 radical (unpaired) electrons. The summed E-state index contributed by atoms with van der Waals surface area (Å²) in [5, 5.41) is 8.31. The zero-order chi connectivity index (χ0) is 19.1. The van der Waals surface area contributed by atoms with Crippen molar-refractivity contribution in [2.75, 3.05) is 11.9 Å². The van der Waals surface area contributed by atoms with Crippen molar-refractivity contribution in [1.29, 1.82) is 0 Å². The Morgan fingerprint density at radius 3 is 2.41 bits per heavy atom. The van der Waals surface area contributed by atoms with E-state index < -0.39 is 0 Å². The van der Waals surface area contributed by atoms with Crippen LogP contribution in [0.4, 0.5) is 10.5 Å². The van der Waals surface area contributed by atoms with Gasteiger partial charge < -0.3 is 15.2 Å². The Labute approximate surface area is 161 Å². The SMILES string of the molecule is CCCCCCCCCNC(=O)Nc1ccc2c(c1)c1ccccc1n2C. The Balaban J connectivity index is 1.51. The van der Waals surface area contributed by atoms with Crippen molar-refractivity contribution >= 4 is 33.5 Å². The number of anilines is 1. The number of para-hydroxylation sites is 1. The highest BCUT2D eigenvalue weighted by Gasteiger charge is 2.09. The number of amides is 2. The molecule has 2 aromatic carbocycles. The average Bonchev–Trinajstić information content (AvgIpc) is 2.96. The predicted molar refractivity (Wildman–Crippen MR) is 115 cm³/mol. The van der Waals surface area contributed by atoms with Crippen LogP contribution in [0.2, 0.25) is 0 Å². The van der Waals surface area contributed by atoms with Crippen molar-refractivity contribution in [3.63, 3.8) is 0 Å². The Morgan fingerprint density at radius 2 is 1.59 bits per heavy atom. The van der Waals surface area contributed by atoms with Crippen LogP contribution in [-0.4, -0.2) is 17.1 Å². The molecule has 0 bridgehead atoms. The number of aromatic nitrogens is 1. The van der Waals surface area contributed by atoms with Gasteiger partial charge in [-0.3, -0.25) is 0 Å². The van der Waals surface area contributed by atoms with Gasteiger partial charge in [0.1, 0.15) is 0 Å². The number of hydrogen-bond donors (Lipinski definition) is 2. The van der Waals surface area contributed by atoms with Gasteiger partial charge in [0.2, 0.25) is 0 Å². The van der Waals surface area contributed by atoms with Crippen LogP contribution in [0, 0.1) is 0 Å². The summed E-state index contributed by atoms with van der Waals surface area (Å²) in [6.07, 6.45) is 8.76. The number of fused-ring (bicyclic) bond motifs is 3. The summed E-state index contributed by atoms with van der Waals surface area (Å²) < 4.78 is 2.19. The van der Waals surface area contributed by atoms with Gasteiger partial charge in [-0.25, -0.2) is 4.79 Å². The van der Waals surface area contributed by atoms with Crippen LogP contribution in [0.15, 0.2) is 42.5 Å². The first-order valence-corrected chi connectivity index (χ1v) is 10.2. The van der Waals surface area contributed by atoms with Crippen molar-refractivity contribution in [1.82, 2.24) is 9.88 Å². The maximum atomic E-state index is 12.2. The van der Waals surface area contributed by atoms with E-state index in [1.807, 2.05) is 6.07 Å². The maximum Gasteiger partial charge on any atom is 0.319 e. The predicted octanol–water partition coefficient (Wildman–Crippen LogP) is 6.20. The number of rotatable bonds is 9. The van der Waals surface area contributed by atoms with E-state index in [0.29, 0.717) is 0 Å². The molecule has 0 aliphatic rings. The minimum atomic E-state index is -0.124. The highest BCUT2D eigenvalue weighted by atomic mass is 16.2. The first-order valence-electron chi connectivity index (χ1n) is 10.2. The van der Waals surface area contributed by atoms with E-state index in [-0.39, 0.29) is 6.03 Å². The molecule has 0 saturated carbocycles. The molecule has 2 amide bonds. The van der Waals surface area contributed by atoms with E-state index in [4.69, 9.17) is 0 Å². The summed E-state index contributed by atoms with van der Waals surface area (Å²) in [7, 11) is 2.08. The molecule has 0 aliphatic carbocycles. The molecular weight excluding hydrogens is 334 g/mol. The van der Waals surface area contributed by atoms with Gasteiger partial charge in [0, 0.05) is 41.1 Å². The van der Waals surface area contributed by atoms with E-state index in [1.54, 1.807) is 0 Å². The molecule has 27 heavy (non-hydrogen) atoms. The lowest BCUT2D eigenvalue weighted by molar-refractivity contribution is 0.252. The van der Waals surface area contributed by atoms with Crippen LogP contribution in [0.25, 0.3) is 21.8 Å². The number of benzene rings is 2. The Morgan fingerprint density at radius 1 is 0.889 bits per heavy atom. The van der Waals surface area contributed by atoms with Crippen LogP contribution in [0.1, 0.15) is 51.9 Å². The number of unbranched alkanes of at least 4 members (excludes halogenated alkanes) is 6. The van der Waals surface area contributed by atoms with Crippen LogP contribution in [0.3, 0.4) is 0 Å². The molecular formula is C23H31N3O. The van der Waals surface area contributed by atoms with Crippen LogP contribution >= 0.6 is 0 Å². The molecule has 0 saturated heterocycles. The summed E-state index contributed by atoms with van der Waals surface area (Å²) in [6.45, 7) is 2.97. The lowest BCUT2D eigenvalue weighted by Crippen LogP contribution is -2.29. The van der Waals surface area contributed by atoms with Gasteiger partial charge in [0.25, 0.3) is 0 Å². The number of nitrogens with zero attached hydrogens (tertiary/aromatic N) is 1. The lowest BCUT2D eigenvalue weighted by atomic mass is 10.1. The molecule has 1 aromatic heterocycles. The number of carbonyl (C=O) groups is 1. The van der Waals surface area contributed by atoms with Crippen molar-refractivity contribution < 1.29 is 4.79 Å². The van der Waals surface area contributed by atoms with Crippen LogP contribution in [0.5, 0.6) is 0 Å². The van der Waals surface area contributed by atoms with Gasteiger partial charge in [0.15, 0.2) is 0 Å². The Kier molecular flexibility index (Phi) is 6.74. The third kappa shape index (κ3) is 4.82. The standard InChI is InChI=1S/C23H31N3O/c1-3-4-5-6-7-8-11-16-24-23(27)25-18-14-15-22-20(17-18)19-12-9-10-13-21(19)26(22)2/h9-10,12-15,17H,3-8,11,16H2,1-2H3,(H2,24,25,27). The zero-order valence-corrected chi connectivity index (χ0v) is 16.6. The molecule has 0 aliphatic heterocycles. The van der Waals surface area contributed by atoms with E-state index in [9.17, 15) is 4.79 Å². The smallest absolute Gasteiger partial charge is 0.319 e. The van der Waals surface area contributed by atoms with Crippen molar-refractivity contribution in [3.05, 3.63) is 42.5 Å². The molecule has 4 heteroatoms. The second-order valence-corrected chi connectivity index (χ2v) is 7.31. The first-order chi connectivity index (χ1) is 13.2. The minimum absolute atomic E-state index is 0.124. The molecule has 3 aromatic rings. The van der Waals surface area contributed by atoms with Crippen molar-refractivity contribution in [3.8, 4) is 0 Å². The summed E-state index contributed by atoms with van der Waals surface area (Å²) in [6, 6.07) is 14.3. The van der Waals surface area contributed by atoms with E-state index in [1.165, 1.54) is 54.9 Å². The second kappa shape index (κ2) is 9.45. The van der Waals surface area contributed by atoms with Gasteiger partial charge in [-0.1, -0.05) is 63.6 Å². The summed E-state index contributed by atoms with van der Waals surface area (Å²) in [5.41, 5.74) is 3.20. The Hall–Kier alpha value is -2.49. The largest absolute Gasteiger partial charge is 0.344 e. The maximum absolute atomic E-state index is 12.2. The summed E-state index contributed by atoms with van der Waals surface area (Å²) in [5.74, 6) is 0. The van der Waals surface area contributed by atoms with Crippen LogP contribution < -0.4 is 10.6 Å². The van der Waals surface area contributed by atoms with Crippen molar-refractivity contribution in [2.45, 2.75) is 51.9 Å². The van der Waals surface area contributed by atoms with Gasteiger partial charge in [-0.2, -0.15) is 0 Å². The zero-order valence-electron chi connectivity index (χ0n) is 16.6. The topological polar surface area (TPSA) is 46.1 Å². The van der Waals surface area contributed by atoms with Crippen LogP contribution in [-0.2, 0) is 7.05 Å². The first kappa shape index (κ1) is 19.3. The number of hydrogen-bond acceptors (Lipinski definition) is 1. The Bertz CT molecular complexity index is 897. The molecule has 0 fully saturated rings. The van der Waals surface area contributed by atoms with Crippen molar-refractivity contribution in [2.24, 2.45) is 7.05 Å². The number of urea groups is 1. The molecule has 2 N–H and O–H groups in total. The number of carbonyl (C=O) groups excluding carboxylic acids is 1. The molecule has 0 atom stereocenters. The fourth-order valence-corrected chi connectivity index (χ4v) is 3.70. The third-order valence-electron chi connectivity index (χ3n) is 5.24. The fourth-order valence-electron chi connectivity index (χ4n) is 3.70. The van der Waals surface area contributed by atoms with Gasteiger partial charge >= 0.3 is 6.03 Å². The quantitative estimate of drug-likeness (QED) is 0.435. The molecule has 144 valence electrons. The van der Waals surface area contributed by atoms with E-state index >= 15 is 0 Å².